The first-order valence-corrected chi connectivity index (χ1v) is 8.41. The van der Waals surface area contributed by atoms with Gasteiger partial charge in [0.1, 0.15) is 5.54 Å². The van der Waals surface area contributed by atoms with E-state index in [0.29, 0.717) is 19.4 Å². The van der Waals surface area contributed by atoms with Crippen molar-refractivity contribution in [1.82, 2.24) is 10.2 Å². The second kappa shape index (κ2) is 6.36. The minimum Gasteiger partial charge on any atom is -0.389 e. The fraction of sp³-hybridized carbons (Fsp3) is 0.600. The van der Waals surface area contributed by atoms with E-state index in [2.05, 4.69) is 5.32 Å². The molecule has 3 rings (SSSR count). The number of carbonyl (C=O) groups excluding carboxylic acids is 2. The highest BCUT2D eigenvalue weighted by Crippen LogP contribution is 2.35. The van der Waals surface area contributed by atoms with Crippen LogP contribution in [0.3, 0.4) is 0 Å². The molecule has 2 N–H and O–H groups in total. The summed E-state index contributed by atoms with van der Waals surface area (Å²) in [5.41, 5.74) is -0.714. The third-order valence-electron chi connectivity index (χ3n) is 4.23. The van der Waals surface area contributed by atoms with Gasteiger partial charge in [-0.25, -0.2) is 4.79 Å². The van der Waals surface area contributed by atoms with Crippen molar-refractivity contribution in [3.8, 4) is 0 Å². The fourth-order valence-corrected chi connectivity index (χ4v) is 3.75. The van der Waals surface area contributed by atoms with Crippen LogP contribution >= 0.6 is 11.3 Å². The van der Waals surface area contributed by atoms with Crippen LogP contribution in [0.1, 0.15) is 30.6 Å². The molecular formula is C15H20N2O4S. The Balaban J connectivity index is 1.49. The summed E-state index contributed by atoms with van der Waals surface area (Å²) in [4.78, 5) is 26.6. The second-order valence-corrected chi connectivity index (χ2v) is 6.92. The molecule has 120 valence electrons. The summed E-state index contributed by atoms with van der Waals surface area (Å²) in [5.74, 6) is -0.202. The minimum absolute atomic E-state index is 0.0170. The fourth-order valence-electron chi connectivity index (χ4n) is 3.11. The monoisotopic (exact) mass is 324 g/mol. The summed E-state index contributed by atoms with van der Waals surface area (Å²) in [6.07, 6.45) is 2.42. The van der Waals surface area contributed by atoms with Gasteiger partial charge in [0, 0.05) is 4.88 Å². The van der Waals surface area contributed by atoms with Crippen LogP contribution in [-0.4, -0.2) is 46.7 Å². The summed E-state index contributed by atoms with van der Waals surface area (Å²) in [6.45, 7) is 0.512. The predicted molar refractivity (Wildman–Crippen MR) is 81.4 cm³/mol. The SMILES string of the molecule is O=C1NC2(CCCC2)C(=O)N1CC(O)COCc1cccs1. The van der Waals surface area contributed by atoms with Crippen LogP contribution in [0.5, 0.6) is 0 Å². The van der Waals surface area contributed by atoms with Gasteiger partial charge in [0.05, 0.1) is 25.9 Å². The first-order valence-electron chi connectivity index (χ1n) is 7.53. The van der Waals surface area contributed by atoms with Crippen LogP contribution in [0, 0.1) is 0 Å². The third kappa shape index (κ3) is 3.02. The number of nitrogens with one attached hydrogen (secondary N) is 1. The lowest BCUT2D eigenvalue weighted by Crippen LogP contribution is -2.45. The number of imide groups is 1. The van der Waals surface area contributed by atoms with E-state index in [4.69, 9.17) is 4.74 Å². The summed E-state index contributed by atoms with van der Waals surface area (Å²) >= 11 is 1.59. The Kier molecular flexibility index (Phi) is 4.46. The zero-order chi connectivity index (χ0) is 15.6. The topological polar surface area (TPSA) is 78.9 Å². The number of aliphatic hydroxyl groups is 1. The number of rotatable bonds is 6. The van der Waals surface area contributed by atoms with Crippen LogP contribution in [0.25, 0.3) is 0 Å². The summed E-state index contributed by atoms with van der Waals surface area (Å²) in [7, 11) is 0. The number of carbonyl (C=O) groups is 2. The number of hydrogen-bond donors (Lipinski definition) is 2. The molecule has 6 nitrogen and oxygen atoms in total. The predicted octanol–water partition coefficient (Wildman–Crippen LogP) is 1.49. The molecule has 7 heteroatoms. The van der Waals surface area contributed by atoms with Gasteiger partial charge in [-0.1, -0.05) is 18.9 Å². The Morgan fingerprint density at radius 3 is 2.86 bits per heavy atom. The Bertz CT molecular complexity index is 540. The molecule has 1 aromatic rings. The van der Waals surface area contributed by atoms with Crippen LogP contribution in [0.15, 0.2) is 17.5 Å². The first kappa shape index (κ1) is 15.5. The first-order chi connectivity index (χ1) is 10.6. The third-order valence-corrected chi connectivity index (χ3v) is 5.08. The van der Waals surface area contributed by atoms with Crippen molar-refractivity contribution in [3.05, 3.63) is 22.4 Å². The number of hydrogen-bond acceptors (Lipinski definition) is 5. The molecule has 2 heterocycles. The molecule has 22 heavy (non-hydrogen) atoms. The Morgan fingerprint density at radius 2 is 2.18 bits per heavy atom. The molecule has 0 aromatic carbocycles. The molecule has 3 amide bonds. The van der Waals surface area contributed by atoms with Gasteiger partial charge in [0.15, 0.2) is 0 Å². The molecular weight excluding hydrogens is 304 g/mol. The molecule has 1 spiro atoms. The maximum atomic E-state index is 12.4. The smallest absolute Gasteiger partial charge is 0.325 e. The van der Waals surface area contributed by atoms with Crippen LogP contribution < -0.4 is 5.32 Å². The van der Waals surface area contributed by atoms with Crippen molar-refractivity contribution < 1.29 is 19.4 Å². The molecule has 1 saturated heterocycles. The van der Waals surface area contributed by atoms with Crippen LogP contribution in [0.2, 0.25) is 0 Å². The van der Waals surface area contributed by atoms with E-state index in [9.17, 15) is 14.7 Å². The Morgan fingerprint density at radius 1 is 1.41 bits per heavy atom. The normalized spacial score (nSPS) is 21.6. The number of urea groups is 1. The van der Waals surface area contributed by atoms with Crippen LogP contribution in [0.4, 0.5) is 4.79 Å². The molecule has 1 saturated carbocycles. The van der Waals surface area contributed by atoms with Crippen molar-refractivity contribution >= 4 is 23.3 Å². The summed E-state index contributed by atoms with van der Waals surface area (Å²) in [6, 6.07) is 3.50. The lowest BCUT2D eigenvalue weighted by Gasteiger charge is -2.21. The summed E-state index contributed by atoms with van der Waals surface area (Å²) in [5, 5.41) is 14.8. The second-order valence-electron chi connectivity index (χ2n) is 5.88. The van der Waals surface area contributed by atoms with Crippen molar-refractivity contribution in [3.63, 3.8) is 0 Å². The number of thiophene rings is 1. The number of nitrogens with zero attached hydrogens (tertiary/aromatic N) is 1. The van der Waals surface area contributed by atoms with E-state index < -0.39 is 17.7 Å². The zero-order valence-corrected chi connectivity index (χ0v) is 13.1. The van der Waals surface area contributed by atoms with Gasteiger partial charge >= 0.3 is 6.03 Å². The van der Waals surface area contributed by atoms with Gasteiger partial charge in [-0.3, -0.25) is 9.69 Å². The molecule has 1 unspecified atom stereocenters. The average Bonchev–Trinajstić information content (AvgIpc) is 3.19. The standard InChI is InChI=1S/C15H20N2O4S/c18-11(9-21-10-12-4-3-7-22-12)8-17-13(19)15(16-14(17)20)5-1-2-6-15/h3-4,7,11,18H,1-2,5-6,8-10H2,(H,16,20). The van der Waals surface area contributed by atoms with E-state index in [0.717, 1.165) is 22.6 Å². The molecule has 1 atom stereocenters. The lowest BCUT2D eigenvalue weighted by atomic mass is 9.98. The van der Waals surface area contributed by atoms with Crippen molar-refractivity contribution in [2.24, 2.45) is 0 Å². The minimum atomic E-state index is -0.869. The Labute approximate surface area is 133 Å². The number of ether oxygens (including phenoxy) is 1. The van der Waals surface area contributed by atoms with Gasteiger partial charge in [0.25, 0.3) is 5.91 Å². The average molecular weight is 324 g/mol. The molecule has 1 aliphatic carbocycles. The molecule has 1 aromatic heterocycles. The number of amides is 3. The maximum Gasteiger partial charge on any atom is 0.325 e. The molecule has 2 fully saturated rings. The number of aliphatic hydroxyl groups excluding tert-OH is 1. The van der Waals surface area contributed by atoms with Gasteiger partial charge < -0.3 is 15.2 Å². The Hall–Kier alpha value is -1.44. The molecule has 0 radical (unpaired) electrons. The lowest BCUT2D eigenvalue weighted by molar-refractivity contribution is -0.132. The van der Waals surface area contributed by atoms with Crippen molar-refractivity contribution in [1.29, 1.82) is 0 Å². The highest BCUT2D eigenvalue weighted by atomic mass is 32.1. The van der Waals surface area contributed by atoms with Gasteiger partial charge in [0.2, 0.25) is 0 Å². The molecule has 2 aliphatic rings. The van der Waals surface area contributed by atoms with Gasteiger partial charge in [-0.2, -0.15) is 0 Å². The molecule has 1 aliphatic heterocycles. The maximum absolute atomic E-state index is 12.4. The summed E-state index contributed by atoms with van der Waals surface area (Å²) < 4.78 is 5.43. The van der Waals surface area contributed by atoms with E-state index in [1.54, 1.807) is 11.3 Å². The van der Waals surface area contributed by atoms with Crippen LogP contribution in [-0.2, 0) is 16.1 Å². The van der Waals surface area contributed by atoms with E-state index >= 15 is 0 Å². The zero-order valence-electron chi connectivity index (χ0n) is 12.3. The number of β-amino-alcohol motifs (C(OH)–C–C–N with tert-alkyl or cyclic N) is 1. The van der Waals surface area contributed by atoms with Crippen molar-refractivity contribution in [2.75, 3.05) is 13.2 Å². The van der Waals surface area contributed by atoms with E-state index in [1.807, 2.05) is 17.5 Å². The van der Waals surface area contributed by atoms with E-state index in [-0.39, 0.29) is 19.1 Å². The van der Waals surface area contributed by atoms with Gasteiger partial charge in [-0.05, 0) is 24.3 Å². The van der Waals surface area contributed by atoms with E-state index in [1.165, 1.54) is 0 Å². The largest absolute Gasteiger partial charge is 0.389 e. The highest BCUT2D eigenvalue weighted by molar-refractivity contribution is 7.09. The van der Waals surface area contributed by atoms with Crippen molar-refractivity contribution in [2.45, 2.75) is 43.9 Å². The van der Waals surface area contributed by atoms with Gasteiger partial charge in [-0.15, -0.1) is 11.3 Å². The molecule has 0 bridgehead atoms. The quantitative estimate of drug-likeness (QED) is 0.777. The highest BCUT2D eigenvalue weighted by Gasteiger charge is 2.52.